The third-order valence-corrected chi connectivity index (χ3v) is 4.15. The van der Waals surface area contributed by atoms with Crippen LogP contribution in [0.5, 0.6) is 0 Å². The van der Waals surface area contributed by atoms with Crippen LogP contribution in [0.2, 0.25) is 0 Å². The number of rotatable bonds is 3. The van der Waals surface area contributed by atoms with Gasteiger partial charge < -0.3 is 19.6 Å². The second kappa shape index (κ2) is 5.69. The SMILES string of the molecule is NC(=O)c1noc([C@H]2CCCN2C(=O)c2cc3cc(F)ccc3o2)n1. The van der Waals surface area contributed by atoms with E-state index in [0.29, 0.717) is 23.9 Å². The largest absolute Gasteiger partial charge is 0.451 e. The van der Waals surface area contributed by atoms with Gasteiger partial charge in [0.25, 0.3) is 17.6 Å². The van der Waals surface area contributed by atoms with Crippen molar-refractivity contribution in [2.75, 3.05) is 6.54 Å². The Balaban J connectivity index is 1.64. The standard InChI is InChI=1S/C16H13FN4O4/c17-9-3-4-11-8(6-9)7-12(24-11)16(23)21-5-1-2-10(21)15-19-14(13(18)22)20-25-15/h3-4,6-7,10H,1-2,5H2,(H2,18,22)/t10-/m1/s1. The van der Waals surface area contributed by atoms with Gasteiger partial charge >= 0.3 is 0 Å². The van der Waals surface area contributed by atoms with Crippen LogP contribution in [0.1, 0.15) is 45.9 Å². The lowest BCUT2D eigenvalue weighted by Crippen LogP contribution is -2.30. The zero-order chi connectivity index (χ0) is 17.6. The van der Waals surface area contributed by atoms with E-state index in [1.54, 1.807) is 0 Å². The van der Waals surface area contributed by atoms with Crippen LogP contribution < -0.4 is 5.73 Å². The lowest BCUT2D eigenvalue weighted by atomic mass is 10.2. The number of furan rings is 1. The van der Waals surface area contributed by atoms with E-state index in [2.05, 4.69) is 10.1 Å². The number of hydrogen-bond donors (Lipinski definition) is 1. The number of nitrogens with two attached hydrogens (primary N) is 1. The Morgan fingerprint density at radius 1 is 1.32 bits per heavy atom. The Morgan fingerprint density at radius 3 is 2.92 bits per heavy atom. The minimum atomic E-state index is -0.801. The van der Waals surface area contributed by atoms with Crippen molar-refractivity contribution in [2.24, 2.45) is 5.73 Å². The summed E-state index contributed by atoms with van der Waals surface area (Å²) in [6.45, 7) is 0.475. The smallest absolute Gasteiger partial charge is 0.290 e. The zero-order valence-electron chi connectivity index (χ0n) is 12.9. The minimum Gasteiger partial charge on any atom is -0.451 e. The van der Waals surface area contributed by atoms with E-state index in [9.17, 15) is 14.0 Å². The maximum Gasteiger partial charge on any atom is 0.290 e. The van der Waals surface area contributed by atoms with Gasteiger partial charge in [-0.05, 0) is 37.1 Å². The highest BCUT2D eigenvalue weighted by molar-refractivity contribution is 5.96. The summed E-state index contributed by atoms with van der Waals surface area (Å²) in [5.41, 5.74) is 5.54. The number of hydrogen-bond acceptors (Lipinski definition) is 6. The molecule has 25 heavy (non-hydrogen) atoms. The molecule has 0 saturated carbocycles. The summed E-state index contributed by atoms with van der Waals surface area (Å²) in [5, 5.41) is 4.01. The number of benzene rings is 1. The molecule has 128 valence electrons. The van der Waals surface area contributed by atoms with E-state index >= 15 is 0 Å². The highest BCUT2D eigenvalue weighted by Crippen LogP contribution is 2.33. The van der Waals surface area contributed by atoms with Crippen molar-refractivity contribution >= 4 is 22.8 Å². The summed E-state index contributed by atoms with van der Waals surface area (Å²) in [5.74, 6) is -1.54. The van der Waals surface area contributed by atoms with Crippen molar-refractivity contribution in [2.45, 2.75) is 18.9 Å². The average molecular weight is 344 g/mol. The molecule has 0 bridgehead atoms. The number of primary amides is 1. The van der Waals surface area contributed by atoms with Crippen LogP contribution in [0.15, 0.2) is 33.2 Å². The lowest BCUT2D eigenvalue weighted by molar-refractivity contribution is 0.0680. The Bertz CT molecular complexity index is 980. The van der Waals surface area contributed by atoms with Gasteiger partial charge in [0.15, 0.2) is 5.76 Å². The number of halogens is 1. The number of carbonyl (C=O) groups excluding carboxylic acids is 2. The second-order valence-corrected chi connectivity index (χ2v) is 5.77. The Kier molecular flexibility index (Phi) is 3.48. The highest BCUT2D eigenvalue weighted by atomic mass is 19.1. The lowest BCUT2D eigenvalue weighted by Gasteiger charge is -2.20. The average Bonchev–Trinajstić information content (AvgIpc) is 3.31. The van der Waals surface area contributed by atoms with Crippen LogP contribution in [0.25, 0.3) is 11.0 Å². The Labute approximate surface area is 140 Å². The number of likely N-dealkylation sites (tertiary alicyclic amines) is 1. The van der Waals surface area contributed by atoms with Gasteiger partial charge in [-0.3, -0.25) is 9.59 Å². The van der Waals surface area contributed by atoms with E-state index in [1.165, 1.54) is 29.2 Å². The van der Waals surface area contributed by atoms with Crippen LogP contribution in [0.3, 0.4) is 0 Å². The quantitative estimate of drug-likeness (QED) is 0.777. The van der Waals surface area contributed by atoms with Crippen molar-refractivity contribution in [3.63, 3.8) is 0 Å². The molecule has 2 aromatic heterocycles. The molecule has 0 spiro atoms. The normalized spacial score (nSPS) is 17.3. The summed E-state index contributed by atoms with van der Waals surface area (Å²) in [6, 6.07) is 5.08. The molecule has 1 saturated heterocycles. The second-order valence-electron chi connectivity index (χ2n) is 5.77. The first kappa shape index (κ1) is 15.3. The van der Waals surface area contributed by atoms with Crippen LogP contribution in [0.4, 0.5) is 4.39 Å². The van der Waals surface area contributed by atoms with Crippen molar-refractivity contribution in [3.8, 4) is 0 Å². The predicted octanol–water partition coefficient (Wildman–Crippen LogP) is 2.03. The Morgan fingerprint density at radius 2 is 2.16 bits per heavy atom. The number of nitrogens with zero attached hydrogens (tertiary/aromatic N) is 3. The number of carbonyl (C=O) groups is 2. The van der Waals surface area contributed by atoms with E-state index in [-0.39, 0.29) is 23.4 Å². The fourth-order valence-corrected chi connectivity index (χ4v) is 3.00. The molecule has 2 amide bonds. The molecule has 3 aromatic rings. The summed E-state index contributed by atoms with van der Waals surface area (Å²) in [4.78, 5) is 29.4. The van der Waals surface area contributed by atoms with Gasteiger partial charge in [-0.15, -0.1) is 0 Å². The van der Waals surface area contributed by atoms with Crippen molar-refractivity contribution in [3.05, 3.63) is 47.6 Å². The molecule has 4 rings (SSSR count). The fourth-order valence-electron chi connectivity index (χ4n) is 3.00. The van der Waals surface area contributed by atoms with E-state index in [4.69, 9.17) is 14.7 Å². The van der Waals surface area contributed by atoms with Crippen LogP contribution in [-0.4, -0.2) is 33.4 Å². The summed E-state index contributed by atoms with van der Waals surface area (Å²) in [6.07, 6.45) is 1.35. The molecule has 9 heteroatoms. The van der Waals surface area contributed by atoms with Gasteiger partial charge in [0.2, 0.25) is 5.89 Å². The van der Waals surface area contributed by atoms with Gasteiger partial charge in [0.05, 0.1) is 0 Å². The predicted molar refractivity (Wildman–Crippen MR) is 82.0 cm³/mol. The topological polar surface area (TPSA) is 115 Å². The maximum atomic E-state index is 13.3. The summed E-state index contributed by atoms with van der Waals surface area (Å²) >= 11 is 0. The molecule has 8 nitrogen and oxygen atoms in total. The molecule has 1 fully saturated rings. The molecule has 1 atom stereocenters. The molecule has 1 aromatic carbocycles. The van der Waals surface area contributed by atoms with Crippen LogP contribution in [0, 0.1) is 5.82 Å². The monoisotopic (exact) mass is 344 g/mol. The van der Waals surface area contributed by atoms with Crippen molar-refractivity contribution in [1.29, 1.82) is 0 Å². The van der Waals surface area contributed by atoms with Gasteiger partial charge in [-0.25, -0.2) is 4.39 Å². The van der Waals surface area contributed by atoms with Gasteiger partial charge in [0.1, 0.15) is 17.4 Å². The summed E-state index contributed by atoms with van der Waals surface area (Å²) < 4.78 is 23.9. The molecule has 2 N–H and O–H groups in total. The zero-order valence-corrected chi connectivity index (χ0v) is 12.9. The van der Waals surface area contributed by atoms with Crippen molar-refractivity contribution < 1.29 is 22.9 Å². The van der Waals surface area contributed by atoms with Crippen LogP contribution in [-0.2, 0) is 0 Å². The molecule has 0 unspecified atom stereocenters. The molecular formula is C16H13FN4O4. The molecule has 0 aliphatic carbocycles. The van der Waals surface area contributed by atoms with E-state index in [1.807, 2.05) is 0 Å². The van der Waals surface area contributed by atoms with Crippen molar-refractivity contribution in [1.82, 2.24) is 15.0 Å². The number of aromatic nitrogens is 2. The molecule has 1 aliphatic rings. The minimum absolute atomic E-state index is 0.0992. The first-order valence-corrected chi connectivity index (χ1v) is 7.66. The maximum absolute atomic E-state index is 13.3. The molecular weight excluding hydrogens is 331 g/mol. The highest BCUT2D eigenvalue weighted by Gasteiger charge is 2.36. The fraction of sp³-hybridized carbons (Fsp3) is 0.250. The van der Waals surface area contributed by atoms with Gasteiger partial charge in [-0.1, -0.05) is 5.16 Å². The van der Waals surface area contributed by atoms with E-state index < -0.39 is 17.8 Å². The third kappa shape index (κ3) is 2.63. The number of amides is 2. The van der Waals surface area contributed by atoms with Gasteiger partial charge in [0, 0.05) is 11.9 Å². The first-order valence-electron chi connectivity index (χ1n) is 7.66. The van der Waals surface area contributed by atoms with E-state index in [0.717, 1.165) is 6.42 Å². The molecule has 0 radical (unpaired) electrons. The van der Waals surface area contributed by atoms with Gasteiger partial charge in [-0.2, -0.15) is 4.98 Å². The van der Waals surface area contributed by atoms with Crippen LogP contribution >= 0.6 is 0 Å². The molecule has 3 heterocycles. The number of fused-ring (bicyclic) bond motifs is 1. The first-order chi connectivity index (χ1) is 12.0. The molecule has 1 aliphatic heterocycles. The summed E-state index contributed by atoms with van der Waals surface area (Å²) in [7, 11) is 0. The Hall–Kier alpha value is -3.23. The third-order valence-electron chi connectivity index (χ3n) is 4.15.